The van der Waals surface area contributed by atoms with Crippen LogP contribution in [0.1, 0.15) is 37.3 Å². The summed E-state index contributed by atoms with van der Waals surface area (Å²) in [4.78, 5) is 13.8. The summed E-state index contributed by atoms with van der Waals surface area (Å²) >= 11 is 0. The highest BCUT2D eigenvalue weighted by atomic mass is 19.4. The number of aromatic nitrogens is 2. The van der Waals surface area contributed by atoms with Crippen molar-refractivity contribution in [2.75, 3.05) is 19.7 Å². The number of carbonyl (C=O) groups excluding carboxylic acids is 1. The van der Waals surface area contributed by atoms with Crippen molar-refractivity contribution in [3.05, 3.63) is 53.9 Å². The molecule has 0 fully saturated rings. The van der Waals surface area contributed by atoms with Crippen molar-refractivity contribution in [1.82, 2.24) is 14.7 Å². The molecule has 5 nitrogen and oxygen atoms in total. The Kier molecular flexibility index (Phi) is 8.50. The molecule has 1 heterocycles. The highest BCUT2D eigenvalue weighted by Crippen LogP contribution is 2.29. The third-order valence-corrected chi connectivity index (χ3v) is 4.27. The van der Waals surface area contributed by atoms with Crippen molar-refractivity contribution in [2.24, 2.45) is 0 Å². The third kappa shape index (κ3) is 7.72. The molecule has 1 aromatic heterocycles. The summed E-state index contributed by atoms with van der Waals surface area (Å²) in [5.74, 6) is -0.328. The standard InChI is InChI=1S/C20H26F3N3O2/c1-2-28-19(27)16-25(12-4-3-5-13-26-14-6-11-24-26)15-17-7-9-18(10-8-17)20(21,22)23/h6-11,14H,2-5,12-13,15-16H2,1H3. The number of rotatable bonds is 11. The Morgan fingerprint density at radius 3 is 2.54 bits per heavy atom. The maximum absolute atomic E-state index is 12.7. The molecule has 8 heteroatoms. The number of benzene rings is 1. The largest absolute Gasteiger partial charge is 0.465 e. The number of unbranched alkanes of at least 4 members (excludes halogenated alkanes) is 2. The topological polar surface area (TPSA) is 47.4 Å². The third-order valence-electron chi connectivity index (χ3n) is 4.27. The van der Waals surface area contributed by atoms with Gasteiger partial charge in [-0.25, -0.2) is 0 Å². The van der Waals surface area contributed by atoms with Crippen molar-refractivity contribution < 1.29 is 22.7 Å². The van der Waals surface area contributed by atoms with Gasteiger partial charge in [-0.2, -0.15) is 18.3 Å². The number of alkyl halides is 3. The summed E-state index contributed by atoms with van der Waals surface area (Å²) in [5, 5.41) is 4.15. The Bertz CT molecular complexity index is 700. The van der Waals surface area contributed by atoms with E-state index < -0.39 is 11.7 Å². The second-order valence-electron chi connectivity index (χ2n) is 6.54. The van der Waals surface area contributed by atoms with Crippen LogP contribution in [0, 0.1) is 0 Å². The lowest BCUT2D eigenvalue weighted by atomic mass is 10.1. The molecule has 0 spiro atoms. The molecule has 0 aliphatic carbocycles. The minimum absolute atomic E-state index is 0.119. The van der Waals surface area contributed by atoms with Crippen LogP contribution < -0.4 is 0 Å². The number of carbonyl (C=O) groups is 1. The van der Waals surface area contributed by atoms with E-state index in [1.54, 1.807) is 13.1 Å². The van der Waals surface area contributed by atoms with Gasteiger partial charge in [0, 0.05) is 25.5 Å². The first-order valence-corrected chi connectivity index (χ1v) is 9.40. The van der Waals surface area contributed by atoms with Crippen LogP contribution in [0.3, 0.4) is 0 Å². The van der Waals surface area contributed by atoms with Crippen LogP contribution in [0.15, 0.2) is 42.7 Å². The summed E-state index contributed by atoms with van der Waals surface area (Å²) in [7, 11) is 0. The maximum Gasteiger partial charge on any atom is 0.416 e. The van der Waals surface area contributed by atoms with Gasteiger partial charge in [0.05, 0.1) is 18.7 Å². The molecule has 0 unspecified atom stereocenters. The van der Waals surface area contributed by atoms with E-state index in [1.165, 1.54) is 12.1 Å². The van der Waals surface area contributed by atoms with Crippen molar-refractivity contribution in [2.45, 2.75) is 45.5 Å². The zero-order chi connectivity index (χ0) is 20.4. The molecule has 0 saturated carbocycles. The van der Waals surface area contributed by atoms with Gasteiger partial charge in [0.15, 0.2) is 0 Å². The van der Waals surface area contributed by atoms with Crippen molar-refractivity contribution in [3.8, 4) is 0 Å². The van der Waals surface area contributed by atoms with Crippen LogP contribution in [0.5, 0.6) is 0 Å². The van der Waals surface area contributed by atoms with E-state index >= 15 is 0 Å². The number of hydrogen-bond acceptors (Lipinski definition) is 4. The van der Waals surface area contributed by atoms with Crippen LogP contribution in [-0.4, -0.2) is 40.3 Å². The van der Waals surface area contributed by atoms with E-state index in [1.807, 2.05) is 21.8 Å². The second-order valence-corrected chi connectivity index (χ2v) is 6.54. The van der Waals surface area contributed by atoms with Gasteiger partial charge in [0.25, 0.3) is 0 Å². The van der Waals surface area contributed by atoms with Gasteiger partial charge in [0.1, 0.15) is 0 Å². The first-order chi connectivity index (χ1) is 13.4. The fourth-order valence-corrected chi connectivity index (χ4v) is 2.88. The van der Waals surface area contributed by atoms with Gasteiger partial charge in [0.2, 0.25) is 0 Å². The molecule has 0 atom stereocenters. The molecule has 2 rings (SSSR count). The van der Waals surface area contributed by atoms with Crippen molar-refractivity contribution in [1.29, 1.82) is 0 Å². The average Bonchev–Trinajstić information content (AvgIpc) is 3.14. The molecule has 0 aliphatic rings. The molecule has 0 bridgehead atoms. The van der Waals surface area contributed by atoms with Gasteiger partial charge >= 0.3 is 12.1 Å². The fourth-order valence-electron chi connectivity index (χ4n) is 2.88. The van der Waals surface area contributed by atoms with E-state index in [0.29, 0.717) is 19.7 Å². The van der Waals surface area contributed by atoms with E-state index in [9.17, 15) is 18.0 Å². The van der Waals surface area contributed by atoms with Crippen LogP contribution >= 0.6 is 0 Å². The minimum Gasteiger partial charge on any atom is -0.465 e. The fraction of sp³-hybridized carbons (Fsp3) is 0.500. The van der Waals surface area contributed by atoms with E-state index in [0.717, 1.165) is 43.5 Å². The molecule has 154 valence electrons. The SMILES string of the molecule is CCOC(=O)CN(CCCCCn1cccn1)Cc1ccc(C(F)(F)F)cc1. The van der Waals surface area contributed by atoms with Gasteiger partial charge < -0.3 is 4.74 Å². The summed E-state index contributed by atoms with van der Waals surface area (Å²) in [5.41, 5.74) is 0.0562. The quantitative estimate of drug-likeness (QED) is 0.422. The van der Waals surface area contributed by atoms with E-state index in [2.05, 4.69) is 5.10 Å². The summed E-state index contributed by atoms with van der Waals surface area (Å²) < 4.78 is 45.0. The van der Waals surface area contributed by atoms with Gasteiger partial charge in [-0.15, -0.1) is 0 Å². The first-order valence-electron chi connectivity index (χ1n) is 9.40. The van der Waals surface area contributed by atoms with Gasteiger partial charge in [-0.05, 0) is 50.1 Å². The average molecular weight is 397 g/mol. The Balaban J connectivity index is 1.86. The number of halogens is 3. The van der Waals surface area contributed by atoms with Crippen LogP contribution in [-0.2, 0) is 28.8 Å². The highest BCUT2D eigenvalue weighted by Gasteiger charge is 2.30. The minimum atomic E-state index is -4.35. The molecule has 0 amide bonds. The summed E-state index contributed by atoms with van der Waals surface area (Å²) in [6.07, 6.45) is 2.11. The number of esters is 1. The number of hydrogen-bond donors (Lipinski definition) is 0. The highest BCUT2D eigenvalue weighted by molar-refractivity contribution is 5.71. The molecule has 1 aromatic carbocycles. The Morgan fingerprint density at radius 1 is 1.18 bits per heavy atom. The number of aryl methyl sites for hydroxylation is 1. The molecule has 0 radical (unpaired) electrons. The molecule has 2 aromatic rings. The smallest absolute Gasteiger partial charge is 0.416 e. The predicted octanol–water partition coefficient (Wildman–Crippen LogP) is 4.14. The molecule has 28 heavy (non-hydrogen) atoms. The molecule has 0 aliphatic heterocycles. The monoisotopic (exact) mass is 397 g/mol. The molecular weight excluding hydrogens is 371 g/mol. The maximum atomic E-state index is 12.7. The second kappa shape index (κ2) is 10.8. The van der Waals surface area contributed by atoms with E-state index in [4.69, 9.17) is 4.74 Å². The van der Waals surface area contributed by atoms with Crippen LogP contribution in [0.25, 0.3) is 0 Å². The predicted molar refractivity (Wildman–Crippen MR) is 99.4 cm³/mol. The lowest BCUT2D eigenvalue weighted by Crippen LogP contribution is -2.31. The van der Waals surface area contributed by atoms with Crippen LogP contribution in [0.4, 0.5) is 13.2 Å². The molecule has 0 N–H and O–H groups in total. The van der Waals surface area contributed by atoms with Crippen molar-refractivity contribution in [3.63, 3.8) is 0 Å². The summed E-state index contributed by atoms with van der Waals surface area (Å²) in [6.45, 7) is 4.07. The zero-order valence-electron chi connectivity index (χ0n) is 16.0. The Hall–Kier alpha value is -2.35. The van der Waals surface area contributed by atoms with Crippen LogP contribution in [0.2, 0.25) is 0 Å². The zero-order valence-corrected chi connectivity index (χ0v) is 16.0. The summed E-state index contributed by atoms with van der Waals surface area (Å²) in [6, 6.07) is 6.94. The van der Waals surface area contributed by atoms with E-state index in [-0.39, 0.29) is 12.5 Å². The van der Waals surface area contributed by atoms with Crippen molar-refractivity contribution >= 4 is 5.97 Å². The van der Waals surface area contributed by atoms with Gasteiger partial charge in [-0.3, -0.25) is 14.4 Å². The lowest BCUT2D eigenvalue weighted by molar-refractivity contribution is -0.144. The molecular formula is C20H26F3N3O2. The number of ether oxygens (including phenoxy) is 1. The molecule has 0 saturated heterocycles. The normalized spacial score (nSPS) is 11.8. The first kappa shape index (κ1) is 21.9. The Morgan fingerprint density at radius 2 is 1.93 bits per heavy atom. The lowest BCUT2D eigenvalue weighted by Gasteiger charge is -2.21. The Labute approximate surface area is 163 Å². The number of nitrogens with zero attached hydrogens (tertiary/aromatic N) is 3. The van der Waals surface area contributed by atoms with Gasteiger partial charge in [-0.1, -0.05) is 18.6 Å².